The lowest BCUT2D eigenvalue weighted by molar-refractivity contribution is -0.113. The maximum Gasteiger partial charge on any atom is 0.271 e. The van der Waals surface area contributed by atoms with Crippen LogP contribution in [0.2, 0.25) is 0 Å². The van der Waals surface area contributed by atoms with E-state index in [4.69, 9.17) is 4.99 Å². The van der Waals surface area contributed by atoms with Crippen molar-refractivity contribution in [1.82, 2.24) is 0 Å². The Morgan fingerprint density at radius 3 is 2.17 bits per heavy atom. The molecular formula is C24H20N2O2S. The van der Waals surface area contributed by atoms with Gasteiger partial charge in [0.25, 0.3) is 5.91 Å². The average molecular weight is 401 g/mol. The number of benzene rings is 3. The van der Waals surface area contributed by atoms with E-state index in [0.717, 1.165) is 22.5 Å². The first-order chi connectivity index (χ1) is 14.0. The molecule has 0 aromatic heterocycles. The van der Waals surface area contributed by atoms with Crippen LogP contribution in [0.4, 0.5) is 11.4 Å². The Morgan fingerprint density at radius 1 is 0.897 bits per heavy atom. The minimum atomic E-state index is -0.159. The second-order valence-corrected chi connectivity index (χ2v) is 7.88. The number of hydrogen-bond donors (Lipinski definition) is 1. The molecule has 144 valence electrons. The van der Waals surface area contributed by atoms with E-state index >= 15 is 0 Å². The Hall–Kier alpha value is -3.31. The highest BCUT2D eigenvalue weighted by molar-refractivity contribution is 8.19. The molecule has 0 atom stereocenters. The maximum absolute atomic E-state index is 13.2. The summed E-state index contributed by atoms with van der Waals surface area (Å²) < 4.78 is 0. The molecule has 0 aliphatic carbocycles. The molecule has 1 fully saturated rings. The second kappa shape index (κ2) is 7.97. The van der Waals surface area contributed by atoms with Gasteiger partial charge in [0, 0.05) is 5.56 Å². The van der Waals surface area contributed by atoms with Crippen LogP contribution in [0.3, 0.4) is 0 Å². The second-order valence-electron chi connectivity index (χ2n) is 6.88. The van der Waals surface area contributed by atoms with E-state index in [1.54, 1.807) is 29.2 Å². The predicted molar refractivity (Wildman–Crippen MR) is 121 cm³/mol. The van der Waals surface area contributed by atoms with Crippen molar-refractivity contribution in [2.45, 2.75) is 13.8 Å². The number of amidine groups is 1. The van der Waals surface area contributed by atoms with Crippen molar-refractivity contribution in [2.24, 2.45) is 4.99 Å². The summed E-state index contributed by atoms with van der Waals surface area (Å²) >= 11 is 1.30. The first kappa shape index (κ1) is 19.0. The third-order valence-corrected chi connectivity index (χ3v) is 5.55. The zero-order valence-electron chi connectivity index (χ0n) is 16.2. The number of aryl methyl sites for hydroxylation is 2. The summed E-state index contributed by atoms with van der Waals surface area (Å²) in [5.74, 6) is -0.0211. The molecule has 3 aromatic carbocycles. The highest BCUT2D eigenvalue weighted by Gasteiger charge is 2.34. The van der Waals surface area contributed by atoms with Crippen molar-refractivity contribution in [3.05, 3.63) is 94.4 Å². The van der Waals surface area contributed by atoms with Crippen LogP contribution in [-0.2, 0) is 4.79 Å². The summed E-state index contributed by atoms with van der Waals surface area (Å²) in [4.78, 5) is 20.1. The molecule has 0 bridgehead atoms. The van der Waals surface area contributed by atoms with Crippen LogP contribution in [0.1, 0.15) is 16.7 Å². The van der Waals surface area contributed by atoms with Crippen LogP contribution < -0.4 is 4.90 Å². The van der Waals surface area contributed by atoms with Crippen LogP contribution in [-0.4, -0.2) is 16.2 Å². The Kier molecular flexibility index (Phi) is 5.23. The number of aliphatic imine (C=N–C) groups is 1. The fraction of sp³-hybridized carbons (Fsp3) is 0.0833. The van der Waals surface area contributed by atoms with Crippen molar-refractivity contribution in [3.8, 4) is 5.75 Å². The first-order valence-corrected chi connectivity index (χ1v) is 10.1. The molecule has 1 amide bonds. The number of phenolic OH excluding ortho intramolecular Hbond substituents is 1. The number of rotatable bonds is 3. The van der Waals surface area contributed by atoms with E-state index < -0.39 is 0 Å². The van der Waals surface area contributed by atoms with E-state index in [0.29, 0.717) is 15.6 Å². The highest BCUT2D eigenvalue weighted by atomic mass is 32.2. The first-order valence-electron chi connectivity index (χ1n) is 9.25. The van der Waals surface area contributed by atoms with Gasteiger partial charge in [-0.2, -0.15) is 0 Å². The van der Waals surface area contributed by atoms with E-state index in [1.165, 1.54) is 11.8 Å². The number of aromatic hydroxyl groups is 1. The fourth-order valence-corrected chi connectivity index (χ4v) is 3.94. The topological polar surface area (TPSA) is 52.9 Å². The molecule has 4 rings (SSSR count). The van der Waals surface area contributed by atoms with Crippen molar-refractivity contribution >= 4 is 40.3 Å². The molecule has 0 radical (unpaired) electrons. The van der Waals surface area contributed by atoms with E-state index in [-0.39, 0.29) is 11.7 Å². The van der Waals surface area contributed by atoms with Crippen molar-refractivity contribution in [2.75, 3.05) is 4.90 Å². The molecule has 0 unspecified atom stereocenters. The lowest BCUT2D eigenvalue weighted by Crippen LogP contribution is -2.28. The summed E-state index contributed by atoms with van der Waals surface area (Å²) in [6.45, 7) is 4.03. The number of phenols is 1. The maximum atomic E-state index is 13.2. The van der Waals surface area contributed by atoms with E-state index in [1.807, 2.05) is 68.4 Å². The van der Waals surface area contributed by atoms with Gasteiger partial charge in [-0.05, 0) is 62.0 Å². The molecule has 1 heterocycles. The fourth-order valence-electron chi connectivity index (χ4n) is 2.95. The van der Waals surface area contributed by atoms with Gasteiger partial charge in [0.05, 0.1) is 16.3 Å². The normalized spacial score (nSPS) is 16.8. The Balaban J connectivity index is 1.78. The lowest BCUT2D eigenvalue weighted by atomic mass is 10.2. The summed E-state index contributed by atoms with van der Waals surface area (Å²) in [5, 5.41) is 10.7. The van der Waals surface area contributed by atoms with Gasteiger partial charge in [-0.3, -0.25) is 9.69 Å². The van der Waals surface area contributed by atoms with E-state index in [2.05, 4.69) is 0 Å². The number of carbonyl (C=O) groups is 1. The van der Waals surface area contributed by atoms with Crippen LogP contribution in [0.25, 0.3) is 6.08 Å². The van der Waals surface area contributed by atoms with Crippen LogP contribution >= 0.6 is 11.8 Å². The van der Waals surface area contributed by atoms with Gasteiger partial charge in [0.2, 0.25) is 0 Å². The average Bonchev–Trinajstić information content (AvgIpc) is 3.01. The molecule has 0 saturated carbocycles. The van der Waals surface area contributed by atoms with Gasteiger partial charge in [0.1, 0.15) is 5.75 Å². The predicted octanol–water partition coefficient (Wildman–Crippen LogP) is 5.82. The Bertz CT molecular complexity index is 1120. The quantitative estimate of drug-likeness (QED) is 0.564. The molecule has 1 N–H and O–H groups in total. The SMILES string of the molecule is Cc1ccc(N=C2S/C(=C/c3ccccc3O)C(=O)N2c2ccc(C)cc2)cc1. The molecule has 1 saturated heterocycles. The number of anilines is 1. The monoisotopic (exact) mass is 400 g/mol. The summed E-state index contributed by atoms with van der Waals surface area (Å²) in [7, 11) is 0. The Labute approximate surface area is 174 Å². The summed E-state index contributed by atoms with van der Waals surface area (Å²) in [6.07, 6.45) is 1.71. The lowest BCUT2D eigenvalue weighted by Gasteiger charge is -2.16. The molecule has 5 heteroatoms. The summed E-state index contributed by atoms with van der Waals surface area (Å²) in [5.41, 5.74) is 4.42. The van der Waals surface area contributed by atoms with Crippen LogP contribution in [0, 0.1) is 13.8 Å². The van der Waals surface area contributed by atoms with Gasteiger partial charge in [-0.25, -0.2) is 4.99 Å². The number of para-hydroxylation sites is 1. The molecular weight excluding hydrogens is 380 g/mol. The number of amides is 1. The number of nitrogens with zero attached hydrogens (tertiary/aromatic N) is 2. The van der Waals surface area contributed by atoms with E-state index in [9.17, 15) is 9.90 Å². The third-order valence-electron chi connectivity index (χ3n) is 4.58. The standard InChI is InChI=1S/C24H20N2O2S/c1-16-7-11-19(12-8-16)25-24-26(20-13-9-17(2)10-14-20)23(28)22(29-24)15-18-5-3-4-6-21(18)27/h3-15,27H,1-2H3/b22-15+,25-24?. The van der Waals surface area contributed by atoms with Gasteiger partial charge in [-0.15, -0.1) is 0 Å². The number of hydrogen-bond acceptors (Lipinski definition) is 4. The molecule has 1 aliphatic rings. The van der Waals surface area contributed by atoms with Gasteiger partial charge in [-0.1, -0.05) is 53.6 Å². The molecule has 29 heavy (non-hydrogen) atoms. The minimum absolute atomic E-state index is 0.138. The molecule has 3 aromatic rings. The highest BCUT2D eigenvalue weighted by Crippen LogP contribution is 2.38. The largest absolute Gasteiger partial charge is 0.507 e. The van der Waals surface area contributed by atoms with Crippen LogP contribution in [0.15, 0.2) is 82.7 Å². The van der Waals surface area contributed by atoms with Crippen molar-refractivity contribution in [1.29, 1.82) is 0 Å². The smallest absolute Gasteiger partial charge is 0.271 e. The summed E-state index contributed by atoms with van der Waals surface area (Å²) in [6, 6.07) is 22.6. The molecule has 4 nitrogen and oxygen atoms in total. The Morgan fingerprint density at radius 2 is 1.52 bits per heavy atom. The molecule has 0 spiro atoms. The van der Waals surface area contributed by atoms with Crippen molar-refractivity contribution in [3.63, 3.8) is 0 Å². The van der Waals surface area contributed by atoms with Gasteiger partial charge < -0.3 is 5.11 Å². The number of carbonyl (C=O) groups excluding carboxylic acids is 1. The van der Waals surface area contributed by atoms with Gasteiger partial charge >= 0.3 is 0 Å². The van der Waals surface area contributed by atoms with Gasteiger partial charge in [0.15, 0.2) is 5.17 Å². The zero-order chi connectivity index (χ0) is 20.4. The van der Waals surface area contributed by atoms with Crippen molar-refractivity contribution < 1.29 is 9.90 Å². The third kappa shape index (κ3) is 4.10. The number of thioether (sulfide) groups is 1. The van der Waals surface area contributed by atoms with Crippen LogP contribution in [0.5, 0.6) is 5.75 Å². The zero-order valence-corrected chi connectivity index (χ0v) is 17.0. The minimum Gasteiger partial charge on any atom is -0.507 e. The molecule has 1 aliphatic heterocycles.